The Morgan fingerprint density at radius 2 is 1.27 bits per heavy atom. The van der Waals surface area contributed by atoms with Crippen LogP contribution in [0.3, 0.4) is 0 Å². The lowest BCUT2D eigenvalue weighted by Crippen LogP contribution is -2.21. The van der Waals surface area contributed by atoms with Crippen molar-refractivity contribution >= 4 is 29.4 Å². The van der Waals surface area contributed by atoms with Crippen LogP contribution < -0.4 is 4.74 Å². The van der Waals surface area contributed by atoms with Gasteiger partial charge in [0.05, 0.1) is 40.3 Å². The molecule has 0 fully saturated rings. The minimum Gasteiger partial charge on any atom is -0.463 e. The molecule has 0 radical (unpaired) electrons. The summed E-state index contributed by atoms with van der Waals surface area (Å²) in [7, 11) is 0. The number of esters is 2. The number of aryl methyl sites for hydroxylation is 1. The number of carbonyl (C=O) groups is 2. The predicted molar refractivity (Wildman–Crippen MR) is 174 cm³/mol. The van der Waals surface area contributed by atoms with E-state index in [1.807, 2.05) is 0 Å². The van der Waals surface area contributed by atoms with E-state index in [0.717, 1.165) is 42.0 Å². The zero-order valence-corrected chi connectivity index (χ0v) is 27.2. The molecule has 0 saturated carbocycles. The maximum absolute atomic E-state index is 14.8. The molecule has 51 heavy (non-hydrogen) atoms. The normalized spacial score (nSPS) is 11.7. The van der Waals surface area contributed by atoms with E-state index in [1.165, 1.54) is 30.3 Å². The Bertz CT molecular complexity index is 1630. The molecule has 11 nitrogen and oxygen atoms in total. The molecular weight excluding hydrogens is 687 g/mol. The van der Waals surface area contributed by atoms with Gasteiger partial charge in [0.1, 0.15) is 5.75 Å². The number of hydrogen-bond donors (Lipinski definition) is 0. The molecule has 274 valence electrons. The van der Waals surface area contributed by atoms with Gasteiger partial charge in [-0.25, -0.2) is 9.59 Å². The molecule has 0 atom stereocenters. The number of non-ortho nitro benzene ring substituents is 2. The lowest BCUT2D eigenvalue weighted by atomic mass is 10.1. The fraction of sp³-hybridized carbons (Fsp3) is 0.371. The third kappa shape index (κ3) is 14.5. The van der Waals surface area contributed by atoms with Gasteiger partial charge in [0.25, 0.3) is 11.4 Å². The molecule has 16 heteroatoms. The van der Waals surface area contributed by atoms with Crippen molar-refractivity contribution in [2.75, 3.05) is 13.2 Å². The Morgan fingerprint density at radius 1 is 0.706 bits per heavy atom. The van der Waals surface area contributed by atoms with Crippen molar-refractivity contribution in [2.24, 2.45) is 0 Å². The van der Waals surface area contributed by atoms with Crippen LogP contribution in [0, 0.1) is 20.2 Å². The summed E-state index contributed by atoms with van der Waals surface area (Å²) in [5, 5.41) is 21.9. The standard InChI is InChI=1S/C35H35F5N2O9/c36-34(37,38)19-5-3-4-8-25-11-16-31(17-12-25)51-35(39,40)28-14-9-26(10-15-28)13-18-32(43)49-20-6-1-2-7-21-50-33(44)27-22-29(41(45)46)24-30(23-27)42(47)48/h9-18,22-24H,1-8,19-21H2. The number of unbranched alkanes of at least 4 members (excludes halogenated alkanes) is 5. The third-order valence-electron chi connectivity index (χ3n) is 7.33. The average Bonchev–Trinajstić information content (AvgIpc) is 3.08. The number of rotatable bonds is 20. The molecular formula is C35H35F5N2O9. The van der Waals surface area contributed by atoms with Crippen molar-refractivity contribution in [3.05, 3.63) is 115 Å². The number of nitro groups is 2. The van der Waals surface area contributed by atoms with Crippen LogP contribution in [0.1, 0.15) is 78.4 Å². The van der Waals surface area contributed by atoms with Crippen molar-refractivity contribution in [1.29, 1.82) is 0 Å². The first-order chi connectivity index (χ1) is 24.1. The largest absolute Gasteiger partial charge is 0.463 e. The Labute approximate surface area is 289 Å². The van der Waals surface area contributed by atoms with Gasteiger partial charge in [0.2, 0.25) is 0 Å². The Hall–Kier alpha value is -5.41. The molecule has 0 aliphatic rings. The lowest BCUT2D eigenvalue weighted by molar-refractivity contribution is -0.394. The molecule has 0 N–H and O–H groups in total. The van der Waals surface area contributed by atoms with Gasteiger partial charge in [0.15, 0.2) is 0 Å². The molecule has 0 heterocycles. The number of ether oxygens (including phenoxy) is 3. The second-order valence-corrected chi connectivity index (χ2v) is 11.4. The highest BCUT2D eigenvalue weighted by Crippen LogP contribution is 2.32. The Kier molecular flexibility index (Phi) is 15.0. The molecule has 0 unspecified atom stereocenters. The monoisotopic (exact) mass is 722 g/mol. The van der Waals surface area contributed by atoms with Crippen molar-refractivity contribution in [2.45, 2.75) is 70.1 Å². The number of benzene rings is 3. The smallest absolute Gasteiger partial charge is 0.426 e. The molecule has 0 bridgehead atoms. The SMILES string of the molecule is O=C(C=Cc1ccc(C(F)(F)Oc2ccc(CCCCCC(F)(F)F)cc2)cc1)OCCCCCCOC(=O)c1cc([N+](=O)[O-])cc([N+](=O)[O-])c1. The molecule has 0 spiro atoms. The molecule has 0 aromatic heterocycles. The van der Waals surface area contributed by atoms with Gasteiger partial charge in [0, 0.05) is 24.6 Å². The molecule has 3 aromatic carbocycles. The molecule has 0 aliphatic carbocycles. The zero-order valence-electron chi connectivity index (χ0n) is 27.2. The molecule has 0 aliphatic heterocycles. The van der Waals surface area contributed by atoms with Crippen LogP contribution in [-0.2, 0) is 26.8 Å². The van der Waals surface area contributed by atoms with Gasteiger partial charge < -0.3 is 14.2 Å². The van der Waals surface area contributed by atoms with Crippen LogP contribution in [0.4, 0.5) is 33.3 Å². The van der Waals surface area contributed by atoms with Gasteiger partial charge in [-0.1, -0.05) is 30.7 Å². The minimum atomic E-state index is -4.17. The van der Waals surface area contributed by atoms with E-state index in [4.69, 9.17) is 14.2 Å². The maximum atomic E-state index is 14.8. The van der Waals surface area contributed by atoms with Gasteiger partial charge in [-0.05, 0) is 86.4 Å². The van der Waals surface area contributed by atoms with Crippen molar-refractivity contribution in [1.82, 2.24) is 0 Å². The summed E-state index contributed by atoms with van der Waals surface area (Å²) >= 11 is 0. The lowest BCUT2D eigenvalue weighted by Gasteiger charge is -2.18. The summed E-state index contributed by atoms with van der Waals surface area (Å²) < 4.78 is 81.3. The van der Waals surface area contributed by atoms with Crippen LogP contribution >= 0.6 is 0 Å². The first kappa shape index (κ1) is 40.0. The number of carbonyl (C=O) groups excluding carboxylic acids is 2. The number of nitro benzene ring substituents is 2. The van der Waals surface area contributed by atoms with Gasteiger partial charge >= 0.3 is 24.2 Å². The van der Waals surface area contributed by atoms with E-state index in [2.05, 4.69) is 0 Å². The second kappa shape index (κ2) is 19.1. The van der Waals surface area contributed by atoms with Crippen LogP contribution in [0.25, 0.3) is 6.08 Å². The van der Waals surface area contributed by atoms with Crippen molar-refractivity contribution in [3.8, 4) is 5.75 Å². The van der Waals surface area contributed by atoms with Crippen LogP contribution in [0.2, 0.25) is 0 Å². The van der Waals surface area contributed by atoms with Crippen molar-refractivity contribution in [3.63, 3.8) is 0 Å². The summed E-state index contributed by atoms with van der Waals surface area (Å²) in [5.41, 5.74) is -0.685. The molecule has 3 aromatic rings. The van der Waals surface area contributed by atoms with E-state index >= 15 is 0 Å². The fourth-order valence-electron chi connectivity index (χ4n) is 4.67. The highest BCUT2D eigenvalue weighted by Gasteiger charge is 2.34. The summed E-state index contributed by atoms with van der Waals surface area (Å²) in [4.78, 5) is 44.5. The van der Waals surface area contributed by atoms with Gasteiger partial charge in [-0.2, -0.15) is 22.0 Å². The third-order valence-corrected chi connectivity index (χ3v) is 7.33. The van der Waals surface area contributed by atoms with Crippen molar-refractivity contribution < 1.29 is 55.6 Å². The highest BCUT2D eigenvalue weighted by atomic mass is 19.4. The minimum absolute atomic E-state index is 0.0246. The van der Waals surface area contributed by atoms with E-state index < -0.39 is 57.4 Å². The Morgan fingerprint density at radius 3 is 1.84 bits per heavy atom. The quantitative estimate of drug-likeness (QED) is 0.0278. The van der Waals surface area contributed by atoms with Gasteiger partial charge in [-0.15, -0.1) is 0 Å². The maximum Gasteiger partial charge on any atom is 0.426 e. The summed E-state index contributed by atoms with van der Waals surface area (Å²) in [6.45, 7) is 0.0783. The van der Waals surface area contributed by atoms with Crippen LogP contribution in [0.5, 0.6) is 5.75 Å². The zero-order chi connectivity index (χ0) is 37.4. The topological polar surface area (TPSA) is 148 Å². The summed E-state index contributed by atoms with van der Waals surface area (Å²) in [5.74, 6) is -1.65. The summed E-state index contributed by atoms with van der Waals surface area (Å²) in [6.07, 6.45) is -2.44. The Balaban J connectivity index is 1.32. The van der Waals surface area contributed by atoms with E-state index in [0.29, 0.717) is 50.5 Å². The second-order valence-electron chi connectivity index (χ2n) is 11.4. The van der Waals surface area contributed by atoms with Gasteiger partial charge in [-0.3, -0.25) is 20.2 Å². The number of halogens is 5. The molecule has 0 saturated heterocycles. The van der Waals surface area contributed by atoms with E-state index in [1.54, 1.807) is 12.1 Å². The number of nitrogens with zero attached hydrogens (tertiary/aromatic N) is 2. The van der Waals surface area contributed by atoms with Crippen LogP contribution in [-0.4, -0.2) is 41.2 Å². The number of alkyl halides is 5. The number of hydrogen-bond acceptors (Lipinski definition) is 9. The highest BCUT2D eigenvalue weighted by molar-refractivity contribution is 5.91. The van der Waals surface area contributed by atoms with E-state index in [9.17, 15) is 51.8 Å². The summed E-state index contributed by atoms with van der Waals surface area (Å²) in [6, 6.07) is 13.5. The van der Waals surface area contributed by atoms with E-state index in [-0.39, 0.29) is 30.9 Å². The van der Waals surface area contributed by atoms with Crippen LogP contribution in [0.15, 0.2) is 72.8 Å². The predicted octanol–water partition coefficient (Wildman–Crippen LogP) is 9.27. The molecule has 0 amide bonds. The molecule has 3 rings (SSSR count). The first-order valence-electron chi connectivity index (χ1n) is 15.9. The average molecular weight is 723 g/mol. The first-order valence-corrected chi connectivity index (χ1v) is 15.9. The fourth-order valence-corrected chi connectivity index (χ4v) is 4.67.